The number of pyridine rings is 1. The first kappa shape index (κ1) is 23.1. The normalized spacial score (nSPS) is 12.0. The zero-order valence-corrected chi connectivity index (χ0v) is 19.7. The number of aromatic nitrogens is 5. The van der Waals surface area contributed by atoms with E-state index in [0.717, 1.165) is 15.3 Å². The average Bonchev–Trinajstić information content (AvgIpc) is 3.18. The summed E-state index contributed by atoms with van der Waals surface area (Å²) in [6.07, 6.45) is 0. The highest BCUT2D eigenvalue weighted by molar-refractivity contribution is 5.91. The number of aryl methyl sites for hydroxylation is 1. The molecule has 0 radical (unpaired) electrons. The Morgan fingerprint density at radius 3 is 2.62 bits per heavy atom. The molecule has 4 N–H and O–H groups in total. The van der Waals surface area contributed by atoms with Gasteiger partial charge in [0.1, 0.15) is 5.82 Å². The van der Waals surface area contributed by atoms with Crippen LogP contribution in [-0.2, 0) is 20.1 Å². The predicted octanol–water partition coefficient (Wildman–Crippen LogP) is 0.882. The van der Waals surface area contributed by atoms with Gasteiger partial charge in [0.05, 0.1) is 18.8 Å². The first-order valence-corrected chi connectivity index (χ1v) is 10.9. The number of rotatable bonds is 6. The summed E-state index contributed by atoms with van der Waals surface area (Å²) in [5.41, 5.74) is 12.3. The monoisotopic (exact) mass is 460 g/mol. The van der Waals surface area contributed by atoms with E-state index in [1.165, 1.54) is 4.57 Å². The molecule has 1 unspecified atom stereocenters. The summed E-state index contributed by atoms with van der Waals surface area (Å²) in [4.78, 5) is 37.7. The van der Waals surface area contributed by atoms with Crippen LogP contribution in [0, 0.1) is 11.8 Å². The number of nitrogens with zero attached hydrogens (tertiary/aromatic N) is 6. The van der Waals surface area contributed by atoms with Crippen molar-refractivity contribution < 1.29 is 0 Å². The Morgan fingerprint density at radius 2 is 1.91 bits per heavy atom. The molecule has 0 bridgehead atoms. The van der Waals surface area contributed by atoms with Gasteiger partial charge in [-0.25, -0.2) is 9.78 Å². The van der Waals surface area contributed by atoms with Gasteiger partial charge in [0.25, 0.3) is 5.56 Å². The Balaban J connectivity index is 1.93. The lowest BCUT2D eigenvalue weighted by Crippen LogP contribution is -2.40. The standard InChI is InChI=1S/C24H28N8O2/c1-5-6-11-31-19-21(28-23(31)29(3)13-15(2)25)30(4)24(34)32(22(19)33)14-17-12-16-9-7-8-10-18(16)20(26)27-17/h7-10,12,15H,11,13-14,25H2,1-4H3,(H2,26,27). The number of anilines is 2. The largest absolute Gasteiger partial charge is 0.383 e. The van der Waals surface area contributed by atoms with Gasteiger partial charge in [-0.2, -0.15) is 4.98 Å². The second-order valence-electron chi connectivity index (χ2n) is 8.41. The molecular weight excluding hydrogens is 432 g/mol. The third-order valence-corrected chi connectivity index (χ3v) is 5.67. The predicted molar refractivity (Wildman–Crippen MR) is 135 cm³/mol. The zero-order chi connectivity index (χ0) is 24.6. The Morgan fingerprint density at radius 1 is 1.18 bits per heavy atom. The van der Waals surface area contributed by atoms with Gasteiger partial charge < -0.3 is 16.4 Å². The van der Waals surface area contributed by atoms with Crippen molar-refractivity contribution in [2.75, 3.05) is 24.2 Å². The van der Waals surface area contributed by atoms with E-state index < -0.39 is 11.2 Å². The van der Waals surface area contributed by atoms with Gasteiger partial charge in [0.15, 0.2) is 11.2 Å². The maximum absolute atomic E-state index is 13.6. The van der Waals surface area contributed by atoms with Crippen molar-refractivity contribution in [2.24, 2.45) is 12.8 Å². The number of imidazole rings is 1. The maximum Gasteiger partial charge on any atom is 0.332 e. The number of hydrogen-bond donors (Lipinski definition) is 2. The van der Waals surface area contributed by atoms with Crippen molar-refractivity contribution in [1.82, 2.24) is 23.7 Å². The summed E-state index contributed by atoms with van der Waals surface area (Å²) < 4.78 is 4.26. The van der Waals surface area contributed by atoms with Crippen LogP contribution in [0.2, 0.25) is 0 Å². The van der Waals surface area contributed by atoms with E-state index in [1.54, 1.807) is 18.5 Å². The zero-order valence-electron chi connectivity index (χ0n) is 19.7. The molecule has 176 valence electrons. The molecule has 0 saturated heterocycles. The molecule has 4 rings (SSSR count). The van der Waals surface area contributed by atoms with Gasteiger partial charge in [0, 0.05) is 32.1 Å². The molecule has 1 aromatic carbocycles. The molecule has 1 atom stereocenters. The number of nitrogen functional groups attached to an aromatic ring is 1. The van der Waals surface area contributed by atoms with E-state index >= 15 is 0 Å². The van der Waals surface area contributed by atoms with Crippen LogP contribution in [0.1, 0.15) is 19.5 Å². The summed E-state index contributed by atoms with van der Waals surface area (Å²) in [5.74, 6) is 6.73. The molecule has 0 amide bonds. The number of nitrogens with two attached hydrogens (primary N) is 2. The minimum Gasteiger partial charge on any atom is -0.383 e. The molecule has 0 saturated carbocycles. The molecule has 0 aliphatic rings. The second-order valence-corrected chi connectivity index (χ2v) is 8.41. The maximum atomic E-state index is 13.6. The summed E-state index contributed by atoms with van der Waals surface area (Å²) >= 11 is 0. The quantitative estimate of drug-likeness (QED) is 0.409. The van der Waals surface area contributed by atoms with Crippen molar-refractivity contribution in [1.29, 1.82) is 0 Å². The van der Waals surface area contributed by atoms with E-state index in [1.807, 2.05) is 49.2 Å². The fraction of sp³-hybridized carbons (Fsp3) is 0.333. The minimum atomic E-state index is -0.487. The van der Waals surface area contributed by atoms with Crippen LogP contribution in [0.3, 0.4) is 0 Å². The van der Waals surface area contributed by atoms with E-state index in [0.29, 0.717) is 35.2 Å². The Kier molecular flexibility index (Phi) is 6.13. The molecule has 0 aliphatic carbocycles. The second kappa shape index (κ2) is 9.03. The first-order chi connectivity index (χ1) is 16.2. The van der Waals surface area contributed by atoms with Gasteiger partial charge in [-0.1, -0.05) is 30.2 Å². The lowest BCUT2D eigenvalue weighted by molar-refractivity contribution is 0.645. The summed E-state index contributed by atoms with van der Waals surface area (Å²) in [6.45, 7) is 4.37. The van der Waals surface area contributed by atoms with E-state index in [-0.39, 0.29) is 19.1 Å². The van der Waals surface area contributed by atoms with E-state index in [4.69, 9.17) is 11.5 Å². The summed E-state index contributed by atoms with van der Waals surface area (Å²) in [5, 5.41) is 1.71. The van der Waals surface area contributed by atoms with Crippen molar-refractivity contribution in [3.63, 3.8) is 0 Å². The van der Waals surface area contributed by atoms with Crippen LogP contribution >= 0.6 is 0 Å². The molecule has 0 fully saturated rings. The van der Waals surface area contributed by atoms with Crippen LogP contribution in [0.4, 0.5) is 11.8 Å². The summed E-state index contributed by atoms with van der Waals surface area (Å²) in [6, 6.07) is 9.31. The molecule has 0 spiro atoms. The van der Waals surface area contributed by atoms with Crippen molar-refractivity contribution in [3.8, 4) is 11.8 Å². The Hall–Kier alpha value is -4.10. The van der Waals surface area contributed by atoms with Crippen LogP contribution < -0.4 is 27.6 Å². The van der Waals surface area contributed by atoms with Crippen LogP contribution in [0.25, 0.3) is 21.9 Å². The lowest BCUT2D eigenvalue weighted by Gasteiger charge is -2.20. The highest BCUT2D eigenvalue weighted by Crippen LogP contribution is 2.21. The van der Waals surface area contributed by atoms with Gasteiger partial charge in [-0.05, 0) is 25.3 Å². The molecule has 0 aliphatic heterocycles. The van der Waals surface area contributed by atoms with Crippen molar-refractivity contribution in [2.45, 2.75) is 33.0 Å². The highest BCUT2D eigenvalue weighted by atomic mass is 16.2. The lowest BCUT2D eigenvalue weighted by atomic mass is 10.1. The van der Waals surface area contributed by atoms with E-state index in [2.05, 4.69) is 21.8 Å². The van der Waals surface area contributed by atoms with Crippen LogP contribution in [0.15, 0.2) is 39.9 Å². The van der Waals surface area contributed by atoms with Gasteiger partial charge >= 0.3 is 5.69 Å². The van der Waals surface area contributed by atoms with Crippen LogP contribution in [-0.4, -0.2) is 43.3 Å². The molecule has 10 heteroatoms. The van der Waals surface area contributed by atoms with E-state index in [9.17, 15) is 9.59 Å². The number of likely N-dealkylation sites (N-methyl/N-ethyl adjacent to an activating group) is 1. The minimum absolute atomic E-state index is 0.0217. The highest BCUT2D eigenvalue weighted by Gasteiger charge is 2.22. The number of hydrogen-bond acceptors (Lipinski definition) is 7. The topological polar surface area (TPSA) is 130 Å². The number of fused-ring (bicyclic) bond motifs is 2. The molecule has 4 aromatic rings. The fourth-order valence-electron chi connectivity index (χ4n) is 4.14. The Labute approximate surface area is 196 Å². The Bertz CT molecular complexity index is 1570. The molecule has 3 aromatic heterocycles. The molecule has 3 heterocycles. The first-order valence-electron chi connectivity index (χ1n) is 10.9. The number of benzene rings is 1. The van der Waals surface area contributed by atoms with Crippen LogP contribution in [0.5, 0.6) is 0 Å². The van der Waals surface area contributed by atoms with Gasteiger partial charge in [-0.15, -0.1) is 5.92 Å². The summed E-state index contributed by atoms with van der Waals surface area (Å²) in [7, 11) is 3.44. The third kappa shape index (κ3) is 4.02. The molecular formula is C24H28N8O2. The third-order valence-electron chi connectivity index (χ3n) is 5.67. The smallest absolute Gasteiger partial charge is 0.332 e. The van der Waals surface area contributed by atoms with Gasteiger partial charge in [-0.3, -0.25) is 18.5 Å². The molecule has 10 nitrogen and oxygen atoms in total. The average molecular weight is 461 g/mol. The molecule has 34 heavy (non-hydrogen) atoms. The van der Waals surface area contributed by atoms with Crippen molar-refractivity contribution in [3.05, 3.63) is 56.9 Å². The SMILES string of the molecule is CC#CCn1c(N(C)CC(C)N)nc2c1c(=O)n(Cc1cc3ccccc3c(N)n1)c(=O)n2C. The fourth-order valence-corrected chi connectivity index (χ4v) is 4.14. The van der Waals surface area contributed by atoms with Gasteiger partial charge in [0.2, 0.25) is 5.95 Å². The van der Waals surface area contributed by atoms with Crippen molar-refractivity contribution >= 4 is 33.7 Å².